The van der Waals surface area contributed by atoms with E-state index in [-0.39, 0.29) is 11.6 Å². The average Bonchev–Trinajstić information content (AvgIpc) is 2.46. The van der Waals surface area contributed by atoms with E-state index < -0.39 is 11.6 Å². The summed E-state index contributed by atoms with van der Waals surface area (Å²) in [4.78, 5) is 2.12. The van der Waals surface area contributed by atoms with Gasteiger partial charge in [0.05, 0.1) is 0 Å². The van der Waals surface area contributed by atoms with E-state index in [1.54, 1.807) is 0 Å². The highest BCUT2D eigenvalue weighted by molar-refractivity contribution is 5.23. The maximum absolute atomic E-state index is 13.9. The molecule has 1 aliphatic rings. The van der Waals surface area contributed by atoms with Gasteiger partial charge in [0, 0.05) is 23.7 Å². The standard InChI is InChI=1S/C16H24F2N2/c1-11(16-14(17)5-4-6-15(16)18)20(3)13-9-7-12(19-2)8-10-13/h4-6,11-13,19H,7-10H2,1-3H3. The molecule has 1 aliphatic carbocycles. The van der Waals surface area contributed by atoms with Crippen LogP contribution in [0.3, 0.4) is 0 Å². The Morgan fingerprint density at radius 3 is 2.20 bits per heavy atom. The molecule has 1 aromatic carbocycles. The number of hydrogen-bond acceptors (Lipinski definition) is 2. The summed E-state index contributed by atoms with van der Waals surface area (Å²) in [6.45, 7) is 1.88. The molecule has 1 N–H and O–H groups in total. The molecule has 1 saturated carbocycles. The Bertz CT molecular complexity index is 422. The Hall–Kier alpha value is -1.00. The summed E-state index contributed by atoms with van der Waals surface area (Å²) in [7, 11) is 3.97. The quantitative estimate of drug-likeness (QED) is 0.909. The van der Waals surface area contributed by atoms with Gasteiger partial charge in [-0.05, 0) is 58.8 Å². The predicted molar refractivity (Wildman–Crippen MR) is 77.6 cm³/mol. The SMILES string of the molecule is CNC1CCC(N(C)C(C)c2c(F)cccc2F)CC1. The van der Waals surface area contributed by atoms with Crippen molar-refractivity contribution in [1.29, 1.82) is 0 Å². The Balaban J connectivity index is 2.07. The van der Waals surface area contributed by atoms with E-state index in [0.29, 0.717) is 12.1 Å². The molecule has 112 valence electrons. The van der Waals surface area contributed by atoms with Crippen LogP contribution in [0, 0.1) is 11.6 Å². The maximum atomic E-state index is 13.9. The first kappa shape index (κ1) is 15.4. The number of rotatable bonds is 4. The second-order valence-electron chi connectivity index (χ2n) is 5.77. The first-order valence-corrected chi connectivity index (χ1v) is 7.37. The van der Waals surface area contributed by atoms with Crippen LogP contribution in [0.15, 0.2) is 18.2 Å². The molecular formula is C16H24F2N2. The molecule has 2 rings (SSSR count). The Morgan fingerprint density at radius 1 is 1.15 bits per heavy atom. The lowest BCUT2D eigenvalue weighted by Crippen LogP contribution is -2.41. The molecule has 0 radical (unpaired) electrons. The topological polar surface area (TPSA) is 15.3 Å². The van der Waals surface area contributed by atoms with Gasteiger partial charge in [0.25, 0.3) is 0 Å². The van der Waals surface area contributed by atoms with Crippen molar-refractivity contribution in [2.45, 2.75) is 50.7 Å². The summed E-state index contributed by atoms with van der Waals surface area (Å²) in [6.07, 6.45) is 4.39. The molecule has 1 aromatic rings. The Labute approximate surface area is 120 Å². The van der Waals surface area contributed by atoms with Crippen molar-refractivity contribution in [3.05, 3.63) is 35.4 Å². The maximum Gasteiger partial charge on any atom is 0.130 e. The van der Waals surface area contributed by atoms with Gasteiger partial charge in [0.2, 0.25) is 0 Å². The van der Waals surface area contributed by atoms with Crippen LogP contribution in [0.2, 0.25) is 0 Å². The zero-order valence-electron chi connectivity index (χ0n) is 12.5. The average molecular weight is 282 g/mol. The molecule has 0 aromatic heterocycles. The van der Waals surface area contributed by atoms with Crippen LogP contribution < -0.4 is 5.32 Å². The van der Waals surface area contributed by atoms with Crippen LogP contribution in [0.1, 0.15) is 44.2 Å². The molecular weight excluding hydrogens is 258 g/mol. The lowest BCUT2D eigenvalue weighted by Gasteiger charge is -2.38. The van der Waals surface area contributed by atoms with E-state index in [1.807, 2.05) is 21.0 Å². The van der Waals surface area contributed by atoms with E-state index in [0.717, 1.165) is 25.7 Å². The second kappa shape index (κ2) is 6.64. The third-order valence-corrected chi connectivity index (χ3v) is 4.71. The predicted octanol–water partition coefficient (Wildman–Crippen LogP) is 3.49. The van der Waals surface area contributed by atoms with Crippen LogP contribution in [0.4, 0.5) is 8.78 Å². The molecule has 1 unspecified atom stereocenters. The summed E-state index contributed by atoms with van der Waals surface area (Å²) < 4.78 is 27.7. The third kappa shape index (κ3) is 3.18. The van der Waals surface area contributed by atoms with Crippen molar-refractivity contribution in [3.63, 3.8) is 0 Å². The summed E-state index contributed by atoms with van der Waals surface area (Å²) in [5.41, 5.74) is 0.186. The minimum atomic E-state index is -0.451. The van der Waals surface area contributed by atoms with Gasteiger partial charge in [-0.15, -0.1) is 0 Å². The van der Waals surface area contributed by atoms with Gasteiger partial charge in [-0.2, -0.15) is 0 Å². The fourth-order valence-electron chi connectivity index (χ4n) is 3.20. The van der Waals surface area contributed by atoms with Gasteiger partial charge in [0.15, 0.2) is 0 Å². The van der Waals surface area contributed by atoms with Crippen LogP contribution in [-0.2, 0) is 0 Å². The van der Waals surface area contributed by atoms with E-state index in [2.05, 4.69) is 10.2 Å². The van der Waals surface area contributed by atoms with Gasteiger partial charge in [-0.3, -0.25) is 4.90 Å². The van der Waals surface area contributed by atoms with Gasteiger partial charge in [0.1, 0.15) is 11.6 Å². The second-order valence-corrected chi connectivity index (χ2v) is 5.77. The van der Waals surface area contributed by atoms with Crippen LogP contribution >= 0.6 is 0 Å². The van der Waals surface area contributed by atoms with Crippen LogP contribution in [0.25, 0.3) is 0 Å². The van der Waals surface area contributed by atoms with Crippen LogP contribution in [0.5, 0.6) is 0 Å². The highest BCUT2D eigenvalue weighted by Crippen LogP contribution is 2.31. The van der Waals surface area contributed by atoms with Crippen LogP contribution in [-0.4, -0.2) is 31.1 Å². The fraction of sp³-hybridized carbons (Fsp3) is 0.625. The first-order valence-electron chi connectivity index (χ1n) is 7.37. The van der Waals surface area contributed by atoms with Gasteiger partial charge in [-0.25, -0.2) is 8.78 Å². The van der Waals surface area contributed by atoms with E-state index in [1.165, 1.54) is 18.2 Å². The van der Waals surface area contributed by atoms with Gasteiger partial charge >= 0.3 is 0 Å². The summed E-state index contributed by atoms with van der Waals surface area (Å²) in [5, 5.41) is 3.30. The summed E-state index contributed by atoms with van der Waals surface area (Å²) in [6, 6.07) is 4.82. The number of nitrogens with one attached hydrogen (secondary N) is 1. The van der Waals surface area contributed by atoms with E-state index >= 15 is 0 Å². The Morgan fingerprint density at radius 2 is 1.70 bits per heavy atom. The monoisotopic (exact) mass is 282 g/mol. The molecule has 0 saturated heterocycles. The molecule has 1 atom stereocenters. The van der Waals surface area contributed by atoms with Crippen molar-refractivity contribution >= 4 is 0 Å². The van der Waals surface area contributed by atoms with E-state index in [4.69, 9.17) is 0 Å². The molecule has 0 amide bonds. The van der Waals surface area contributed by atoms with Crippen molar-refractivity contribution in [1.82, 2.24) is 10.2 Å². The highest BCUT2D eigenvalue weighted by atomic mass is 19.1. The summed E-state index contributed by atoms with van der Waals surface area (Å²) in [5.74, 6) is -0.901. The number of hydrogen-bond donors (Lipinski definition) is 1. The molecule has 0 heterocycles. The van der Waals surface area contributed by atoms with Gasteiger partial charge < -0.3 is 5.32 Å². The molecule has 0 bridgehead atoms. The lowest BCUT2D eigenvalue weighted by atomic mass is 9.89. The van der Waals surface area contributed by atoms with Crippen molar-refractivity contribution in [2.24, 2.45) is 0 Å². The Kier molecular flexibility index (Phi) is 5.11. The van der Waals surface area contributed by atoms with Crippen molar-refractivity contribution in [3.8, 4) is 0 Å². The first-order chi connectivity index (χ1) is 9.54. The van der Waals surface area contributed by atoms with Crippen molar-refractivity contribution in [2.75, 3.05) is 14.1 Å². The minimum absolute atomic E-state index is 0.186. The largest absolute Gasteiger partial charge is 0.317 e. The molecule has 4 heteroatoms. The highest BCUT2D eigenvalue weighted by Gasteiger charge is 2.28. The zero-order chi connectivity index (χ0) is 14.7. The molecule has 0 aliphatic heterocycles. The smallest absolute Gasteiger partial charge is 0.130 e. The molecule has 1 fully saturated rings. The number of benzene rings is 1. The van der Waals surface area contributed by atoms with E-state index in [9.17, 15) is 8.78 Å². The molecule has 2 nitrogen and oxygen atoms in total. The third-order valence-electron chi connectivity index (χ3n) is 4.71. The molecule has 20 heavy (non-hydrogen) atoms. The minimum Gasteiger partial charge on any atom is -0.317 e. The van der Waals surface area contributed by atoms with Gasteiger partial charge in [-0.1, -0.05) is 6.07 Å². The number of nitrogens with zero attached hydrogens (tertiary/aromatic N) is 1. The molecule has 0 spiro atoms. The summed E-state index contributed by atoms with van der Waals surface area (Å²) >= 11 is 0. The van der Waals surface area contributed by atoms with Crippen molar-refractivity contribution < 1.29 is 8.78 Å². The lowest BCUT2D eigenvalue weighted by molar-refractivity contribution is 0.132. The normalized spacial score (nSPS) is 24.9. The zero-order valence-corrected chi connectivity index (χ0v) is 12.5. The number of halogens is 2. The fourth-order valence-corrected chi connectivity index (χ4v) is 3.20.